The first-order valence-corrected chi connectivity index (χ1v) is 16.3. The van der Waals surface area contributed by atoms with Gasteiger partial charge < -0.3 is 14.5 Å². The monoisotopic (exact) mass is 597 g/mol. The van der Waals surface area contributed by atoms with Crippen molar-refractivity contribution >= 4 is 27.3 Å². The molecular formula is C35H39N3O4S. The van der Waals surface area contributed by atoms with Gasteiger partial charge in [-0.25, -0.2) is 8.42 Å². The minimum absolute atomic E-state index is 0.0691. The van der Waals surface area contributed by atoms with Gasteiger partial charge in [0, 0.05) is 37.4 Å². The molecule has 1 heterocycles. The number of nitrogens with zero attached hydrogens (tertiary/aromatic N) is 2. The Bertz CT molecular complexity index is 1630. The standard InChI is InChI=1S/C35H39N3O4S/c1-3-4-10-28-16-18-30(19-17-28)36-43(40,41)31-20-15-27(2)32(25-31)35(39)38-23-21-37(22-24-38)33-13-8-9-14-34(33)42-26-29-11-6-5-7-12-29/h5-9,11-20,25,36H,3-4,10,21-24,26H2,1-2H3. The van der Waals surface area contributed by atoms with Crippen LogP contribution >= 0.6 is 0 Å². The summed E-state index contributed by atoms with van der Waals surface area (Å²) in [6, 6.07) is 30.2. The van der Waals surface area contributed by atoms with Crippen molar-refractivity contribution in [1.29, 1.82) is 0 Å². The van der Waals surface area contributed by atoms with Gasteiger partial charge in [-0.3, -0.25) is 9.52 Å². The predicted molar refractivity (Wildman–Crippen MR) is 172 cm³/mol. The van der Waals surface area contributed by atoms with E-state index in [-0.39, 0.29) is 10.8 Å². The zero-order valence-electron chi connectivity index (χ0n) is 24.8. The van der Waals surface area contributed by atoms with Crippen LogP contribution in [-0.4, -0.2) is 45.4 Å². The van der Waals surface area contributed by atoms with Gasteiger partial charge in [-0.05, 0) is 72.9 Å². The lowest BCUT2D eigenvalue weighted by Crippen LogP contribution is -2.49. The van der Waals surface area contributed by atoms with E-state index < -0.39 is 10.0 Å². The highest BCUT2D eigenvalue weighted by molar-refractivity contribution is 7.92. The molecule has 0 aromatic heterocycles. The summed E-state index contributed by atoms with van der Waals surface area (Å²) in [5.41, 5.74) is 4.92. The molecule has 0 aliphatic carbocycles. The number of rotatable bonds is 11. The van der Waals surface area contributed by atoms with Gasteiger partial charge in [0.25, 0.3) is 15.9 Å². The average molecular weight is 598 g/mol. The number of aryl methyl sites for hydroxylation is 2. The van der Waals surface area contributed by atoms with Crippen LogP contribution in [0.25, 0.3) is 0 Å². The van der Waals surface area contributed by atoms with Crippen LogP contribution in [0.2, 0.25) is 0 Å². The molecule has 0 unspecified atom stereocenters. The summed E-state index contributed by atoms with van der Waals surface area (Å²) in [4.78, 5) is 17.7. The number of benzene rings is 4. The van der Waals surface area contributed by atoms with Crippen LogP contribution in [0.3, 0.4) is 0 Å². The van der Waals surface area contributed by atoms with Gasteiger partial charge >= 0.3 is 0 Å². The van der Waals surface area contributed by atoms with Gasteiger partial charge in [0.05, 0.1) is 10.6 Å². The summed E-state index contributed by atoms with van der Waals surface area (Å²) in [5, 5.41) is 0. The molecule has 4 aromatic carbocycles. The molecular weight excluding hydrogens is 558 g/mol. The molecule has 7 nitrogen and oxygen atoms in total. The number of carbonyl (C=O) groups is 1. The topological polar surface area (TPSA) is 79.0 Å². The minimum atomic E-state index is -3.86. The Balaban J connectivity index is 1.23. The fourth-order valence-electron chi connectivity index (χ4n) is 5.23. The van der Waals surface area contributed by atoms with Crippen molar-refractivity contribution in [3.63, 3.8) is 0 Å². The van der Waals surface area contributed by atoms with E-state index in [0.29, 0.717) is 44.0 Å². The molecule has 0 bridgehead atoms. The zero-order valence-corrected chi connectivity index (χ0v) is 25.6. The van der Waals surface area contributed by atoms with Crippen LogP contribution < -0.4 is 14.4 Å². The van der Waals surface area contributed by atoms with Gasteiger partial charge in [0.15, 0.2) is 0 Å². The number of carbonyl (C=O) groups excluding carboxylic acids is 1. The number of amides is 1. The Morgan fingerprint density at radius 3 is 2.26 bits per heavy atom. The highest BCUT2D eigenvalue weighted by atomic mass is 32.2. The quantitative estimate of drug-likeness (QED) is 0.209. The maximum Gasteiger partial charge on any atom is 0.261 e. The smallest absolute Gasteiger partial charge is 0.261 e. The lowest BCUT2D eigenvalue weighted by atomic mass is 10.1. The van der Waals surface area contributed by atoms with Crippen LogP contribution in [0.15, 0.2) is 102 Å². The maximum atomic E-state index is 13.6. The van der Waals surface area contributed by atoms with Crippen molar-refractivity contribution in [2.75, 3.05) is 35.8 Å². The van der Waals surface area contributed by atoms with Crippen LogP contribution in [0, 0.1) is 6.92 Å². The molecule has 4 aromatic rings. The molecule has 5 rings (SSSR count). The second-order valence-electron chi connectivity index (χ2n) is 10.9. The van der Waals surface area contributed by atoms with E-state index in [1.807, 2.05) is 73.7 Å². The van der Waals surface area contributed by atoms with Gasteiger partial charge in [-0.1, -0.05) is 74.0 Å². The molecule has 0 saturated carbocycles. The lowest BCUT2D eigenvalue weighted by Gasteiger charge is -2.37. The molecule has 1 aliphatic heterocycles. The number of sulfonamides is 1. The number of anilines is 2. The summed E-state index contributed by atoms with van der Waals surface area (Å²) >= 11 is 0. The Kier molecular flexibility index (Phi) is 9.67. The summed E-state index contributed by atoms with van der Waals surface area (Å²) < 4.78 is 35.3. The Morgan fingerprint density at radius 1 is 0.837 bits per heavy atom. The fourth-order valence-corrected chi connectivity index (χ4v) is 6.31. The first kappa shape index (κ1) is 30.2. The molecule has 224 valence electrons. The minimum Gasteiger partial charge on any atom is -0.487 e. The van der Waals surface area contributed by atoms with Gasteiger partial charge in [-0.2, -0.15) is 0 Å². The van der Waals surface area contributed by atoms with E-state index in [1.165, 1.54) is 11.6 Å². The number of hydrogen-bond donors (Lipinski definition) is 1. The number of para-hydroxylation sites is 2. The number of piperazine rings is 1. The Hall–Kier alpha value is -4.30. The highest BCUT2D eigenvalue weighted by Gasteiger charge is 2.26. The second-order valence-corrected chi connectivity index (χ2v) is 12.6. The first-order chi connectivity index (χ1) is 20.8. The van der Waals surface area contributed by atoms with Crippen molar-refractivity contribution in [3.05, 3.63) is 119 Å². The zero-order chi connectivity index (χ0) is 30.2. The average Bonchev–Trinajstić information content (AvgIpc) is 3.04. The van der Waals surface area contributed by atoms with Crippen LogP contribution in [0.1, 0.15) is 46.8 Å². The van der Waals surface area contributed by atoms with Crippen molar-refractivity contribution in [3.8, 4) is 5.75 Å². The fraction of sp³-hybridized carbons (Fsp3) is 0.286. The SMILES string of the molecule is CCCCc1ccc(NS(=O)(=O)c2ccc(C)c(C(=O)N3CCN(c4ccccc4OCc4ccccc4)CC3)c2)cc1. The molecule has 1 amide bonds. The third-order valence-electron chi connectivity index (χ3n) is 7.78. The normalized spacial score (nSPS) is 13.5. The van der Waals surface area contributed by atoms with Crippen molar-refractivity contribution < 1.29 is 17.9 Å². The van der Waals surface area contributed by atoms with E-state index in [9.17, 15) is 13.2 Å². The van der Waals surface area contributed by atoms with Crippen molar-refractivity contribution in [1.82, 2.24) is 4.90 Å². The number of ether oxygens (including phenoxy) is 1. The molecule has 0 atom stereocenters. The molecule has 1 fully saturated rings. The molecule has 0 spiro atoms. The molecule has 1 saturated heterocycles. The Morgan fingerprint density at radius 2 is 1.53 bits per heavy atom. The van der Waals surface area contributed by atoms with Crippen molar-refractivity contribution in [2.45, 2.75) is 44.6 Å². The maximum absolute atomic E-state index is 13.6. The van der Waals surface area contributed by atoms with Crippen LogP contribution in [0.5, 0.6) is 5.75 Å². The predicted octanol–water partition coefficient (Wildman–Crippen LogP) is 6.68. The van der Waals surface area contributed by atoms with Gasteiger partial charge in [0.2, 0.25) is 0 Å². The third-order valence-corrected chi connectivity index (χ3v) is 9.16. The number of nitrogens with one attached hydrogen (secondary N) is 1. The van der Waals surface area contributed by atoms with E-state index in [0.717, 1.165) is 41.8 Å². The van der Waals surface area contributed by atoms with Crippen LogP contribution in [0.4, 0.5) is 11.4 Å². The van der Waals surface area contributed by atoms with Gasteiger partial charge in [-0.15, -0.1) is 0 Å². The molecule has 43 heavy (non-hydrogen) atoms. The molecule has 0 radical (unpaired) electrons. The lowest BCUT2D eigenvalue weighted by molar-refractivity contribution is 0.0745. The van der Waals surface area contributed by atoms with E-state index in [4.69, 9.17) is 4.74 Å². The first-order valence-electron chi connectivity index (χ1n) is 14.9. The second kappa shape index (κ2) is 13.8. The molecule has 1 N–H and O–H groups in total. The number of unbranched alkanes of at least 4 members (excludes halogenated alkanes) is 1. The number of hydrogen-bond acceptors (Lipinski definition) is 5. The third kappa shape index (κ3) is 7.56. The van der Waals surface area contributed by atoms with E-state index in [2.05, 4.69) is 16.5 Å². The van der Waals surface area contributed by atoms with Crippen LogP contribution in [-0.2, 0) is 23.1 Å². The summed E-state index contributed by atoms with van der Waals surface area (Å²) in [6.45, 7) is 6.79. The summed E-state index contributed by atoms with van der Waals surface area (Å²) in [6.07, 6.45) is 3.17. The largest absolute Gasteiger partial charge is 0.487 e. The van der Waals surface area contributed by atoms with Gasteiger partial charge in [0.1, 0.15) is 12.4 Å². The molecule has 1 aliphatic rings. The highest BCUT2D eigenvalue weighted by Crippen LogP contribution is 2.30. The summed E-state index contributed by atoms with van der Waals surface area (Å²) in [7, 11) is -3.86. The summed E-state index contributed by atoms with van der Waals surface area (Å²) in [5.74, 6) is 0.645. The van der Waals surface area contributed by atoms with Crippen molar-refractivity contribution in [2.24, 2.45) is 0 Å². The Labute approximate surface area is 255 Å². The van der Waals surface area contributed by atoms with E-state index >= 15 is 0 Å². The van der Waals surface area contributed by atoms with E-state index in [1.54, 1.807) is 29.2 Å². The molecule has 8 heteroatoms.